The highest BCUT2D eigenvalue weighted by Gasteiger charge is 2.42. The first-order valence-corrected chi connectivity index (χ1v) is 13.4. The zero-order valence-electron chi connectivity index (χ0n) is 19.6. The lowest BCUT2D eigenvalue weighted by molar-refractivity contribution is 0.0231. The summed E-state index contributed by atoms with van der Waals surface area (Å²) in [6, 6.07) is 0. The maximum atomic E-state index is 11.0. The van der Waals surface area contributed by atoms with Gasteiger partial charge in [-0.25, -0.2) is 0 Å². The minimum Gasteiger partial charge on any atom is -0.410 e. The minimum absolute atomic E-state index is 0.0270. The van der Waals surface area contributed by atoms with E-state index in [1.807, 2.05) is 6.92 Å². The van der Waals surface area contributed by atoms with Crippen LogP contribution in [-0.2, 0) is 4.43 Å². The molecule has 0 rings (SSSR count). The lowest BCUT2D eigenvalue weighted by Crippen LogP contribution is -2.48. The molecule has 0 radical (unpaired) electrons. The third-order valence-corrected chi connectivity index (χ3v) is 10.6. The summed E-state index contributed by atoms with van der Waals surface area (Å²) in [6.07, 6.45) is 3.23. The fraction of sp³-hybridized carbons (Fsp3) is 0.826. The number of aliphatic hydroxyl groups excluding tert-OH is 2. The van der Waals surface area contributed by atoms with Crippen molar-refractivity contribution in [3.63, 3.8) is 0 Å². The van der Waals surface area contributed by atoms with Crippen LogP contribution in [-0.4, -0.2) is 37.3 Å². The van der Waals surface area contributed by atoms with Gasteiger partial charge in [0.15, 0.2) is 8.32 Å². The summed E-state index contributed by atoms with van der Waals surface area (Å²) in [4.78, 5) is 0. The van der Waals surface area contributed by atoms with E-state index in [1.165, 1.54) is 5.57 Å². The van der Waals surface area contributed by atoms with E-state index >= 15 is 0 Å². The summed E-state index contributed by atoms with van der Waals surface area (Å²) in [5, 5.41) is 20.4. The lowest BCUT2D eigenvalue weighted by atomic mass is 9.85. The standard InChI is InChI=1S/C23H46O3Si/c1-12-18(4)22(26-27(10,11)23(7,8)9)20(6)21(25)19(5)14-16(2)13-17(3)15-24/h14,17,19-22,24-25H,4,12-13,15H2,1-3,5-11H3/b16-14+/t17-,19+,20+,21?,22+/m0/s1. The van der Waals surface area contributed by atoms with Crippen LogP contribution in [0, 0.1) is 17.8 Å². The number of rotatable bonds is 11. The number of hydrogen-bond donors (Lipinski definition) is 2. The maximum Gasteiger partial charge on any atom is 0.192 e. The van der Waals surface area contributed by atoms with Gasteiger partial charge in [0.05, 0.1) is 12.2 Å². The largest absolute Gasteiger partial charge is 0.410 e. The molecule has 0 aliphatic carbocycles. The molecular weight excluding hydrogens is 352 g/mol. The molecule has 0 aliphatic heterocycles. The zero-order chi connectivity index (χ0) is 21.6. The van der Waals surface area contributed by atoms with Crippen LogP contribution in [0.15, 0.2) is 23.8 Å². The molecule has 0 heterocycles. The molecule has 0 bridgehead atoms. The Morgan fingerprint density at radius 3 is 2.11 bits per heavy atom. The predicted octanol–water partition coefficient (Wildman–Crippen LogP) is 5.94. The quantitative estimate of drug-likeness (QED) is 0.334. The van der Waals surface area contributed by atoms with Crippen LogP contribution in [0.4, 0.5) is 0 Å². The number of allylic oxidation sites excluding steroid dienone is 1. The van der Waals surface area contributed by atoms with Gasteiger partial charge in [0.25, 0.3) is 0 Å². The summed E-state index contributed by atoms with van der Waals surface area (Å²) in [5.74, 6) is 0.250. The van der Waals surface area contributed by atoms with E-state index in [4.69, 9.17) is 4.43 Å². The molecule has 3 nitrogen and oxygen atoms in total. The molecular formula is C23H46O3Si. The van der Waals surface area contributed by atoms with Crippen LogP contribution in [0.25, 0.3) is 0 Å². The topological polar surface area (TPSA) is 49.7 Å². The van der Waals surface area contributed by atoms with Gasteiger partial charge in [-0.2, -0.15) is 0 Å². The van der Waals surface area contributed by atoms with Gasteiger partial charge in [-0.3, -0.25) is 0 Å². The summed E-state index contributed by atoms with van der Waals surface area (Å²) in [7, 11) is -1.96. The van der Waals surface area contributed by atoms with Gasteiger partial charge in [-0.05, 0) is 49.4 Å². The van der Waals surface area contributed by atoms with Crippen molar-refractivity contribution < 1.29 is 14.6 Å². The zero-order valence-corrected chi connectivity index (χ0v) is 20.6. The Labute approximate surface area is 170 Å². The molecule has 0 amide bonds. The Hall–Kier alpha value is -0.423. The molecule has 5 atom stereocenters. The van der Waals surface area contributed by atoms with Crippen molar-refractivity contribution in [3.05, 3.63) is 23.8 Å². The van der Waals surface area contributed by atoms with Gasteiger partial charge >= 0.3 is 0 Å². The van der Waals surface area contributed by atoms with Crippen LogP contribution in [0.5, 0.6) is 0 Å². The molecule has 1 unspecified atom stereocenters. The minimum atomic E-state index is -1.96. The fourth-order valence-corrected chi connectivity index (χ4v) is 4.52. The molecule has 0 aromatic rings. The molecule has 160 valence electrons. The Kier molecular flexibility index (Phi) is 10.8. The Balaban J connectivity index is 5.40. The Morgan fingerprint density at radius 2 is 1.70 bits per heavy atom. The summed E-state index contributed by atoms with van der Waals surface area (Å²) in [6.45, 7) is 26.0. The smallest absolute Gasteiger partial charge is 0.192 e. The van der Waals surface area contributed by atoms with Crippen molar-refractivity contribution >= 4 is 8.32 Å². The Bertz CT molecular complexity index is 490. The van der Waals surface area contributed by atoms with Gasteiger partial charge in [0, 0.05) is 18.4 Å². The van der Waals surface area contributed by atoms with Gasteiger partial charge in [0.1, 0.15) is 0 Å². The van der Waals surface area contributed by atoms with E-state index in [1.54, 1.807) is 0 Å². The number of aliphatic hydroxyl groups is 2. The first kappa shape index (κ1) is 26.6. The molecule has 2 N–H and O–H groups in total. The predicted molar refractivity (Wildman–Crippen MR) is 120 cm³/mol. The first-order valence-electron chi connectivity index (χ1n) is 10.5. The van der Waals surface area contributed by atoms with Gasteiger partial charge in [0.2, 0.25) is 0 Å². The number of hydrogen-bond acceptors (Lipinski definition) is 3. The molecule has 0 aliphatic rings. The van der Waals surface area contributed by atoms with Crippen LogP contribution in [0.3, 0.4) is 0 Å². The van der Waals surface area contributed by atoms with Gasteiger partial charge in [-0.1, -0.05) is 66.7 Å². The van der Waals surface area contributed by atoms with Gasteiger partial charge < -0.3 is 14.6 Å². The van der Waals surface area contributed by atoms with Crippen molar-refractivity contribution in [1.82, 2.24) is 0 Å². The second kappa shape index (κ2) is 10.9. The van der Waals surface area contributed by atoms with Crippen LogP contribution >= 0.6 is 0 Å². The van der Waals surface area contributed by atoms with Crippen molar-refractivity contribution in [1.29, 1.82) is 0 Å². The SMILES string of the molecule is C=C(CC)[C@@H](O[Si](C)(C)C(C)(C)C)[C@H](C)C(O)[C@H](C)/C=C(\C)C[C@H](C)CO. The average Bonchev–Trinajstić information content (AvgIpc) is 2.56. The highest BCUT2D eigenvalue weighted by Crippen LogP contribution is 2.40. The normalized spacial score (nSPS) is 19.3. The third-order valence-electron chi connectivity index (χ3n) is 6.17. The van der Waals surface area contributed by atoms with E-state index in [9.17, 15) is 10.2 Å². The molecule has 0 saturated carbocycles. The summed E-state index contributed by atoms with van der Waals surface area (Å²) < 4.78 is 6.70. The highest BCUT2D eigenvalue weighted by molar-refractivity contribution is 6.74. The summed E-state index contributed by atoms with van der Waals surface area (Å²) in [5.41, 5.74) is 2.28. The molecule has 0 saturated heterocycles. The fourth-order valence-electron chi connectivity index (χ4n) is 3.15. The van der Waals surface area contributed by atoms with Crippen LogP contribution < -0.4 is 0 Å². The van der Waals surface area contributed by atoms with Crippen LogP contribution in [0.1, 0.15) is 68.2 Å². The van der Waals surface area contributed by atoms with Crippen molar-refractivity contribution in [3.8, 4) is 0 Å². The first-order chi connectivity index (χ1) is 12.2. The van der Waals surface area contributed by atoms with E-state index in [-0.39, 0.29) is 35.5 Å². The monoisotopic (exact) mass is 398 g/mol. The molecule has 4 heteroatoms. The maximum absolute atomic E-state index is 11.0. The van der Waals surface area contributed by atoms with Crippen molar-refractivity contribution in [2.24, 2.45) is 17.8 Å². The van der Waals surface area contributed by atoms with E-state index in [0.717, 1.165) is 18.4 Å². The molecule has 0 aromatic carbocycles. The van der Waals surface area contributed by atoms with E-state index in [2.05, 4.69) is 74.2 Å². The molecule has 27 heavy (non-hydrogen) atoms. The van der Waals surface area contributed by atoms with Crippen molar-refractivity contribution in [2.45, 2.75) is 98.6 Å². The molecule has 0 aromatic heterocycles. The van der Waals surface area contributed by atoms with E-state index in [0.29, 0.717) is 0 Å². The highest BCUT2D eigenvalue weighted by atomic mass is 28.4. The third kappa shape index (κ3) is 8.22. The second-order valence-electron chi connectivity index (χ2n) is 10.0. The van der Waals surface area contributed by atoms with Gasteiger partial charge in [-0.15, -0.1) is 0 Å². The van der Waals surface area contributed by atoms with Crippen molar-refractivity contribution in [2.75, 3.05) is 6.61 Å². The molecule has 0 spiro atoms. The van der Waals surface area contributed by atoms with E-state index < -0.39 is 14.4 Å². The van der Waals surface area contributed by atoms with Crippen LogP contribution in [0.2, 0.25) is 18.1 Å². The Morgan fingerprint density at radius 1 is 1.19 bits per heavy atom. The lowest BCUT2D eigenvalue weighted by Gasteiger charge is -2.43. The average molecular weight is 399 g/mol. The molecule has 0 fully saturated rings. The second-order valence-corrected chi connectivity index (χ2v) is 14.8. The summed E-state index contributed by atoms with van der Waals surface area (Å²) >= 11 is 0.